The first-order valence-electron chi connectivity index (χ1n) is 4.48. The molecule has 0 heterocycles. The number of nitriles is 1. The molecule has 0 aliphatic heterocycles. The molecule has 0 spiro atoms. The summed E-state index contributed by atoms with van der Waals surface area (Å²) in [4.78, 5) is 10.8. The van der Waals surface area contributed by atoms with Gasteiger partial charge in [0, 0.05) is 6.08 Å². The van der Waals surface area contributed by atoms with Gasteiger partial charge in [-0.2, -0.15) is 5.26 Å². The van der Waals surface area contributed by atoms with Gasteiger partial charge in [-0.15, -0.1) is 0 Å². The number of benzene rings is 1. The first kappa shape index (κ1) is 11.0. The van der Waals surface area contributed by atoms with E-state index in [1.54, 1.807) is 6.08 Å². The highest BCUT2D eigenvalue weighted by atomic mass is 16.5. The third kappa shape index (κ3) is 3.65. The predicted molar refractivity (Wildman–Crippen MR) is 56.8 cm³/mol. The highest BCUT2D eigenvalue weighted by Crippen LogP contribution is 2.06. The third-order valence-electron chi connectivity index (χ3n) is 1.88. The molecule has 0 unspecified atom stereocenters. The van der Waals surface area contributed by atoms with Crippen LogP contribution in [0.2, 0.25) is 0 Å². The van der Waals surface area contributed by atoms with Crippen molar-refractivity contribution in [2.45, 2.75) is 6.42 Å². The van der Waals surface area contributed by atoms with Crippen LogP contribution in [0.15, 0.2) is 30.3 Å². The molecule has 0 radical (unpaired) electrons. The molecule has 0 atom stereocenters. The Balaban J connectivity index is 2.69. The molecule has 0 aliphatic rings. The van der Waals surface area contributed by atoms with Crippen LogP contribution < -0.4 is 0 Å². The average Bonchev–Trinajstić information content (AvgIpc) is 2.28. The van der Waals surface area contributed by atoms with Crippen LogP contribution in [0.1, 0.15) is 11.1 Å². The number of ether oxygens (including phenoxy) is 1. The van der Waals surface area contributed by atoms with Gasteiger partial charge in [-0.1, -0.05) is 24.3 Å². The maximum Gasteiger partial charge on any atom is 0.330 e. The van der Waals surface area contributed by atoms with E-state index >= 15 is 0 Å². The second kappa shape index (κ2) is 5.61. The fourth-order valence-corrected chi connectivity index (χ4v) is 1.07. The second-order valence-corrected chi connectivity index (χ2v) is 2.93. The summed E-state index contributed by atoms with van der Waals surface area (Å²) in [5.74, 6) is -0.379. The first-order chi connectivity index (χ1) is 7.26. The van der Waals surface area contributed by atoms with Gasteiger partial charge >= 0.3 is 5.97 Å². The van der Waals surface area contributed by atoms with Crippen LogP contribution in [-0.2, 0) is 16.0 Å². The largest absolute Gasteiger partial charge is 0.466 e. The minimum atomic E-state index is -0.379. The van der Waals surface area contributed by atoms with E-state index in [0.717, 1.165) is 11.1 Å². The molecule has 15 heavy (non-hydrogen) atoms. The summed E-state index contributed by atoms with van der Waals surface area (Å²) in [6.07, 6.45) is 3.43. The zero-order chi connectivity index (χ0) is 11.1. The van der Waals surface area contributed by atoms with E-state index in [1.165, 1.54) is 13.2 Å². The highest BCUT2D eigenvalue weighted by Gasteiger charge is 1.93. The van der Waals surface area contributed by atoms with Gasteiger partial charge in [-0.3, -0.25) is 0 Å². The maximum atomic E-state index is 10.8. The molecule has 0 aromatic heterocycles. The van der Waals surface area contributed by atoms with E-state index in [0.29, 0.717) is 6.42 Å². The van der Waals surface area contributed by atoms with Crippen molar-refractivity contribution in [1.82, 2.24) is 0 Å². The Morgan fingerprint density at radius 3 is 2.67 bits per heavy atom. The van der Waals surface area contributed by atoms with Gasteiger partial charge in [-0.25, -0.2) is 4.79 Å². The lowest BCUT2D eigenvalue weighted by Gasteiger charge is -1.96. The predicted octanol–water partition coefficient (Wildman–Crippen LogP) is 1.94. The molecule has 0 saturated carbocycles. The maximum absolute atomic E-state index is 10.8. The van der Waals surface area contributed by atoms with Crippen molar-refractivity contribution >= 4 is 12.0 Å². The number of carbonyl (C=O) groups is 1. The molecule has 0 aliphatic carbocycles. The van der Waals surface area contributed by atoms with Gasteiger partial charge in [0.1, 0.15) is 0 Å². The Kier molecular flexibility index (Phi) is 4.11. The summed E-state index contributed by atoms with van der Waals surface area (Å²) in [6, 6.07) is 9.50. The Hall–Kier alpha value is -2.08. The molecule has 1 rings (SSSR count). The van der Waals surface area contributed by atoms with Gasteiger partial charge in [0.2, 0.25) is 0 Å². The van der Waals surface area contributed by atoms with Crippen molar-refractivity contribution in [2.75, 3.05) is 7.11 Å². The van der Waals surface area contributed by atoms with E-state index in [4.69, 9.17) is 5.26 Å². The van der Waals surface area contributed by atoms with Gasteiger partial charge in [-0.05, 0) is 17.2 Å². The molecule has 3 heteroatoms. The molecule has 0 N–H and O–H groups in total. The molecular formula is C12H11NO2. The van der Waals surface area contributed by atoms with Crippen molar-refractivity contribution in [2.24, 2.45) is 0 Å². The lowest BCUT2D eigenvalue weighted by atomic mass is 10.1. The lowest BCUT2D eigenvalue weighted by Crippen LogP contribution is -1.93. The minimum absolute atomic E-state index is 0.379. The van der Waals surface area contributed by atoms with Crippen molar-refractivity contribution in [1.29, 1.82) is 5.26 Å². The number of carbonyl (C=O) groups excluding carboxylic acids is 1. The number of rotatable bonds is 3. The van der Waals surface area contributed by atoms with Crippen LogP contribution in [0.3, 0.4) is 0 Å². The van der Waals surface area contributed by atoms with Gasteiger partial charge in [0.05, 0.1) is 19.6 Å². The number of methoxy groups -OCH3 is 1. The fraction of sp³-hybridized carbons (Fsp3) is 0.167. The van der Waals surface area contributed by atoms with Crippen molar-refractivity contribution < 1.29 is 9.53 Å². The van der Waals surface area contributed by atoms with Crippen LogP contribution in [0.25, 0.3) is 6.08 Å². The molecule has 76 valence electrons. The topological polar surface area (TPSA) is 50.1 Å². The molecule has 1 aromatic carbocycles. The Labute approximate surface area is 88.6 Å². The van der Waals surface area contributed by atoms with Gasteiger partial charge in [0.15, 0.2) is 0 Å². The second-order valence-electron chi connectivity index (χ2n) is 2.93. The first-order valence-corrected chi connectivity index (χ1v) is 4.48. The molecule has 0 fully saturated rings. The van der Waals surface area contributed by atoms with Gasteiger partial charge < -0.3 is 4.74 Å². The zero-order valence-electron chi connectivity index (χ0n) is 8.43. The standard InChI is InChI=1S/C12H11NO2/c1-15-12(14)7-6-10-2-4-11(5-3-10)8-9-13/h2-7H,8H2,1H3. The van der Waals surface area contributed by atoms with E-state index in [9.17, 15) is 4.79 Å². The number of hydrogen-bond acceptors (Lipinski definition) is 3. The van der Waals surface area contributed by atoms with Gasteiger partial charge in [0.25, 0.3) is 0 Å². The molecule has 0 saturated heterocycles. The number of nitrogens with zero attached hydrogens (tertiary/aromatic N) is 1. The smallest absolute Gasteiger partial charge is 0.330 e. The van der Waals surface area contributed by atoms with Crippen molar-refractivity contribution in [3.8, 4) is 6.07 Å². The molecular weight excluding hydrogens is 190 g/mol. The van der Waals surface area contributed by atoms with Crippen LogP contribution in [0.4, 0.5) is 0 Å². The number of hydrogen-bond donors (Lipinski definition) is 0. The van der Waals surface area contributed by atoms with Crippen LogP contribution in [0, 0.1) is 11.3 Å². The molecule has 1 aromatic rings. The average molecular weight is 201 g/mol. The zero-order valence-corrected chi connectivity index (χ0v) is 8.43. The van der Waals surface area contributed by atoms with E-state index in [-0.39, 0.29) is 5.97 Å². The Bertz CT molecular complexity index is 399. The summed E-state index contributed by atoms with van der Waals surface area (Å²) in [6.45, 7) is 0. The fourth-order valence-electron chi connectivity index (χ4n) is 1.07. The molecule has 0 bridgehead atoms. The summed E-state index contributed by atoms with van der Waals surface area (Å²) in [5, 5.41) is 8.47. The van der Waals surface area contributed by atoms with E-state index in [2.05, 4.69) is 10.8 Å². The van der Waals surface area contributed by atoms with Crippen molar-refractivity contribution in [3.05, 3.63) is 41.5 Å². The van der Waals surface area contributed by atoms with Crippen molar-refractivity contribution in [3.63, 3.8) is 0 Å². The van der Waals surface area contributed by atoms with E-state index < -0.39 is 0 Å². The van der Waals surface area contributed by atoms with Crippen LogP contribution >= 0.6 is 0 Å². The van der Waals surface area contributed by atoms with E-state index in [1.807, 2.05) is 24.3 Å². The Morgan fingerprint density at radius 2 is 2.13 bits per heavy atom. The summed E-state index contributed by atoms with van der Waals surface area (Å²) < 4.78 is 4.47. The summed E-state index contributed by atoms with van der Waals surface area (Å²) >= 11 is 0. The highest BCUT2D eigenvalue weighted by molar-refractivity contribution is 5.86. The third-order valence-corrected chi connectivity index (χ3v) is 1.88. The van der Waals surface area contributed by atoms with Crippen LogP contribution in [-0.4, -0.2) is 13.1 Å². The monoisotopic (exact) mass is 201 g/mol. The molecule has 3 nitrogen and oxygen atoms in total. The SMILES string of the molecule is COC(=O)C=Cc1ccc(CC#N)cc1. The quantitative estimate of drug-likeness (QED) is 0.554. The summed E-state index contributed by atoms with van der Waals surface area (Å²) in [7, 11) is 1.34. The minimum Gasteiger partial charge on any atom is -0.466 e. The Morgan fingerprint density at radius 1 is 1.47 bits per heavy atom. The number of esters is 1. The lowest BCUT2D eigenvalue weighted by molar-refractivity contribution is -0.134. The normalized spacial score (nSPS) is 9.87. The summed E-state index contributed by atoms with van der Waals surface area (Å²) in [5.41, 5.74) is 1.87. The molecule has 0 amide bonds. The van der Waals surface area contributed by atoms with Crippen LogP contribution in [0.5, 0.6) is 0 Å².